The fourth-order valence-electron chi connectivity index (χ4n) is 4.86. The minimum atomic E-state index is -1.08. The van der Waals surface area contributed by atoms with Gasteiger partial charge >= 0.3 is 5.97 Å². The molecule has 5 rings (SSSR count). The molecule has 0 spiro atoms. The lowest BCUT2D eigenvalue weighted by atomic mass is 10.1. The molecule has 1 aliphatic heterocycles. The highest BCUT2D eigenvalue weighted by atomic mass is 16.4. The lowest BCUT2D eigenvalue weighted by molar-refractivity contribution is 0.0690. The summed E-state index contributed by atoms with van der Waals surface area (Å²) in [7, 11) is 1.80. The molecule has 0 amide bonds. The molecule has 0 bridgehead atoms. The van der Waals surface area contributed by atoms with E-state index in [2.05, 4.69) is 33.6 Å². The van der Waals surface area contributed by atoms with Crippen LogP contribution in [-0.4, -0.2) is 55.2 Å². The van der Waals surface area contributed by atoms with Gasteiger partial charge in [0.15, 0.2) is 5.82 Å². The smallest absolute Gasteiger partial charge is 0.354 e. The first-order chi connectivity index (χ1) is 17.8. The van der Waals surface area contributed by atoms with Crippen molar-refractivity contribution in [3.8, 4) is 11.4 Å². The first-order valence-corrected chi connectivity index (χ1v) is 12.4. The normalized spacial score (nSPS) is 13.0. The van der Waals surface area contributed by atoms with Crippen molar-refractivity contribution < 1.29 is 9.90 Å². The van der Waals surface area contributed by atoms with Crippen molar-refractivity contribution in [3.05, 3.63) is 64.0 Å². The van der Waals surface area contributed by atoms with Crippen molar-refractivity contribution in [3.63, 3.8) is 0 Å². The summed E-state index contributed by atoms with van der Waals surface area (Å²) in [4.78, 5) is 46.8. The molecule has 0 aliphatic carbocycles. The van der Waals surface area contributed by atoms with Gasteiger partial charge < -0.3 is 19.5 Å². The van der Waals surface area contributed by atoms with Crippen LogP contribution in [0.3, 0.4) is 0 Å². The topological polar surface area (TPSA) is 117 Å². The summed E-state index contributed by atoms with van der Waals surface area (Å²) >= 11 is 0. The lowest BCUT2D eigenvalue weighted by Crippen LogP contribution is -2.29. The van der Waals surface area contributed by atoms with E-state index in [4.69, 9.17) is 15.1 Å². The van der Waals surface area contributed by atoms with Crippen LogP contribution < -0.4 is 15.4 Å². The summed E-state index contributed by atoms with van der Waals surface area (Å²) in [5, 5.41) is 10.0. The molecule has 0 unspecified atom stereocenters. The maximum atomic E-state index is 12.8. The van der Waals surface area contributed by atoms with Gasteiger partial charge in [-0.3, -0.25) is 4.79 Å². The number of hydrogen-bond donors (Lipinski definition) is 1. The first kappa shape index (κ1) is 24.4. The molecule has 5 heterocycles. The van der Waals surface area contributed by atoms with Crippen molar-refractivity contribution in [2.75, 3.05) is 29.4 Å². The zero-order valence-corrected chi connectivity index (χ0v) is 21.4. The average molecular weight is 500 g/mol. The quantitative estimate of drug-likeness (QED) is 0.423. The molecule has 10 nitrogen and oxygen atoms in total. The number of aromatic carboxylic acids is 1. The van der Waals surface area contributed by atoms with Crippen molar-refractivity contribution in [1.82, 2.24) is 24.5 Å². The molecule has 4 aromatic rings. The summed E-state index contributed by atoms with van der Waals surface area (Å²) in [6.07, 6.45) is 4.95. The first-order valence-electron chi connectivity index (χ1n) is 12.4. The van der Waals surface area contributed by atoms with E-state index in [9.17, 15) is 9.59 Å². The highest BCUT2D eigenvalue weighted by molar-refractivity contribution is 5.94. The summed E-state index contributed by atoms with van der Waals surface area (Å²) in [6.45, 7) is 8.35. The van der Waals surface area contributed by atoms with Gasteiger partial charge in [-0.25, -0.2) is 24.7 Å². The highest BCUT2D eigenvalue weighted by Crippen LogP contribution is 2.37. The lowest BCUT2D eigenvalue weighted by Gasteiger charge is -2.32. The van der Waals surface area contributed by atoms with Crippen molar-refractivity contribution >= 4 is 34.2 Å². The van der Waals surface area contributed by atoms with E-state index in [1.165, 1.54) is 12.3 Å². The van der Waals surface area contributed by atoms with Crippen LogP contribution in [0.2, 0.25) is 0 Å². The molecule has 37 heavy (non-hydrogen) atoms. The largest absolute Gasteiger partial charge is 0.477 e. The Hall–Kier alpha value is -4.34. The Morgan fingerprint density at radius 1 is 1.11 bits per heavy atom. The zero-order valence-electron chi connectivity index (χ0n) is 21.4. The molecule has 4 aromatic heterocycles. The number of hydrogen-bond acceptors (Lipinski definition) is 8. The van der Waals surface area contributed by atoms with Gasteiger partial charge in [-0.15, -0.1) is 0 Å². The van der Waals surface area contributed by atoms with Gasteiger partial charge in [0.2, 0.25) is 0 Å². The second-order valence-electron chi connectivity index (χ2n) is 9.12. The van der Waals surface area contributed by atoms with Crippen LogP contribution in [0.4, 0.5) is 17.3 Å². The molecule has 190 valence electrons. The van der Waals surface area contributed by atoms with Crippen LogP contribution in [0.15, 0.2) is 41.5 Å². The fourth-order valence-corrected chi connectivity index (χ4v) is 4.86. The van der Waals surface area contributed by atoms with Gasteiger partial charge in [-0.05, 0) is 51.8 Å². The predicted molar refractivity (Wildman–Crippen MR) is 143 cm³/mol. The van der Waals surface area contributed by atoms with E-state index in [0.29, 0.717) is 17.0 Å². The molecule has 0 fully saturated rings. The van der Waals surface area contributed by atoms with Crippen LogP contribution in [-0.2, 0) is 13.5 Å². The standard InChI is InChI=1S/C27H29N7O3/c1-5-33(6-2)23-13-21-18(12-16(3)26(35)32(21)4)25(31-23)34-11-7-8-19-22(34)15-29-24(30-19)17-9-10-20(27(36)37)28-14-17/h9-10,12-15H,5-8,11H2,1-4H3,(H,36,37). The average Bonchev–Trinajstić information content (AvgIpc) is 2.92. The van der Waals surface area contributed by atoms with Crippen LogP contribution >= 0.6 is 0 Å². The van der Waals surface area contributed by atoms with E-state index >= 15 is 0 Å². The van der Waals surface area contributed by atoms with Gasteiger partial charge in [0, 0.05) is 55.5 Å². The molecule has 0 aromatic carbocycles. The number of anilines is 3. The Kier molecular flexibility index (Phi) is 6.32. The number of carbonyl (C=O) groups is 1. The Bertz CT molecular complexity index is 1560. The predicted octanol–water partition coefficient (Wildman–Crippen LogP) is 3.72. The minimum absolute atomic E-state index is 0.0234. The van der Waals surface area contributed by atoms with Crippen molar-refractivity contribution in [2.45, 2.75) is 33.6 Å². The number of aromatic nitrogens is 5. The van der Waals surface area contributed by atoms with Gasteiger partial charge in [-0.2, -0.15) is 0 Å². The van der Waals surface area contributed by atoms with E-state index in [-0.39, 0.29) is 11.3 Å². The third-order valence-corrected chi connectivity index (χ3v) is 6.88. The third kappa shape index (κ3) is 4.28. The molecule has 10 heteroatoms. The van der Waals surface area contributed by atoms with E-state index in [1.807, 2.05) is 19.1 Å². The molecule has 1 N–H and O–H groups in total. The number of rotatable bonds is 6. The Balaban J connectivity index is 1.65. The number of pyridine rings is 3. The molecular formula is C27H29N7O3. The second kappa shape index (κ2) is 9.61. The maximum absolute atomic E-state index is 12.8. The SMILES string of the molecule is CCN(CC)c1cc2c(cc(C)c(=O)n2C)c(N2CCCc3nc(-c4ccc(C(=O)O)nc4)ncc32)n1. The monoisotopic (exact) mass is 499 g/mol. The summed E-state index contributed by atoms with van der Waals surface area (Å²) in [5.41, 5.74) is 3.87. The molecule has 1 aliphatic rings. The molecular weight excluding hydrogens is 470 g/mol. The second-order valence-corrected chi connectivity index (χ2v) is 9.12. The highest BCUT2D eigenvalue weighted by Gasteiger charge is 2.25. The molecule has 0 saturated carbocycles. The Morgan fingerprint density at radius 3 is 2.57 bits per heavy atom. The Labute approximate surface area is 214 Å². The van der Waals surface area contributed by atoms with Crippen LogP contribution in [0.5, 0.6) is 0 Å². The molecule has 0 saturated heterocycles. The van der Waals surface area contributed by atoms with Crippen molar-refractivity contribution in [1.29, 1.82) is 0 Å². The van der Waals surface area contributed by atoms with Crippen LogP contribution in [0, 0.1) is 6.92 Å². The minimum Gasteiger partial charge on any atom is -0.477 e. The van der Waals surface area contributed by atoms with Crippen LogP contribution in [0.25, 0.3) is 22.3 Å². The zero-order chi connectivity index (χ0) is 26.3. The van der Waals surface area contributed by atoms with E-state index < -0.39 is 5.97 Å². The van der Waals surface area contributed by atoms with Gasteiger partial charge in [0.05, 0.1) is 23.1 Å². The van der Waals surface area contributed by atoms with Crippen LogP contribution in [0.1, 0.15) is 42.0 Å². The molecule has 0 atom stereocenters. The third-order valence-electron chi connectivity index (χ3n) is 6.88. The van der Waals surface area contributed by atoms with Gasteiger partial charge in [0.25, 0.3) is 5.56 Å². The molecule has 0 radical (unpaired) electrons. The number of nitrogens with zero attached hydrogens (tertiary/aromatic N) is 7. The summed E-state index contributed by atoms with van der Waals surface area (Å²) in [6, 6.07) is 7.04. The summed E-state index contributed by atoms with van der Waals surface area (Å²) in [5.74, 6) is 1.02. The van der Waals surface area contributed by atoms with E-state index in [1.54, 1.807) is 23.9 Å². The fraction of sp³-hybridized carbons (Fsp3) is 0.333. The van der Waals surface area contributed by atoms with Crippen molar-refractivity contribution in [2.24, 2.45) is 7.05 Å². The van der Waals surface area contributed by atoms with E-state index in [0.717, 1.165) is 66.4 Å². The number of carboxylic acids is 1. The number of fused-ring (bicyclic) bond motifs is 2. The van der Waals surface area contributed by atoms with Gasteiger partial charge in [0.1, 0.15) is 17.3 Å². The van der Waals surface area contributed by atoms with Gasteiger partial charge in [-0.1, -0.05) is 0 Å². The summed E-state index contributed by atoms with van der Waals surface area (Å²) < 4.78 is 1.70. The maximum Gasteiger partial charge on any atom is 0.354 e. The number of aryl methyl sites for hydroxylation is 3. The Morgan fingerprint density at radius 2 is 1.89 bits per heavy atom. The number of carboxylic acid groups (broad SMARTS) is 1.